The predicted octanol–water partition coefficient (Wildman–Crippen LogP) is 3.79. The van der Waals surface area contributed by atoms with Crippen molar-refractivity contribution >= 4 is 22.0 Å². The zero-order chi connectivity index (χ0) is 25.0. The SMILES string of the molecule is CCNS(=O)(=O)c1ccc(C)c(C(=O)N2CCCC(CN(C(=O)OC(C)(C)C)C(C)C)C2)c1. The third-order valence-electron chi connectivity index (χ3n) is 5.60. The second kappa shape index (κ2) is 10.9. The number of carbonyl (C=O) groups excluding carboxylic acids is 2. The van der Waals surface area contributed by atoms with Gasteiger partial charge in [0.05, 0.1) is 4.90 Å². The molecule has 9 heteroatoms. The van der Waals surface area contributed by atoms with E-state index in [0.717, 1.165) is 18.4 Å². The number of hydrogen-bond acceptors (Lipinski definition) is 5. The fourth-order valence-electron chi connectivity index (χ4n) is 3.94. The summed E-state index contributed by atoms with van der Waals surface area (Å²) in [6.45, 7) is 14.9. The highest BCUT2D eigenvalue weighted by Gasteiger charge is 2.31. The van der Waals surface area contributed by atoms with Gasteiger partial charge in [0.15, 0.2) is 0 Å². The van der Waals surface area contributed by atoms with Gasteiger partial charge < -0.3 is 14.5 Å². The van der Waals surface area contributed by atoms with E-state index in [9.17, 15) is 18.0 Å². The number of piperidine rings is 1. The zero-order valence-electron chi connectivity index (χ0n) is 21.0. The predicted molar refractivity (Wildman–Crippen MR) is 129 cm³/mol. The Hall–Kier alpha value is -2.13. The molecular weight excluding hydrogens is 442 g/mol. The summed E-state index contributed by atoms with van der Waals surface area (Å²) >= 11 is 0. The minimum atomic E-state index is -3.65. The molecule has 33 heavy (non-hydrogen) atoms. The van der Waals surface area contributed by atoms with Crippen LogP contribution in [0.1, 0.15) is 70.3 Å². The molecule has 186 valence electrons. The maximum absolute atomic E-state index is 13.3. The molecule has 1 heterocycles. The van der Waals surface area contributed by atoms with E-state index in [1.54, 1.807) is 29.7 Å². The van der Waals surface area contributed by atoms with Crippen LogP contribution in [-0.4, -0.2) is 68.0 Å². The lowest BCUT2D eigenvalue weighted by Gasteiger charge is -2.37. The second-order valence-electron chi connectivity index (χ2n) is 9.96. The van der Waals surface area contributed by atoms with Crippen molar-refractivity contribution in [1.82, 2.24) is 14.5 Å². The van der Waals surface area contributed by atoms with E-state index in [-0.39, 0.29) is 35.4 Å². The summed E-state index contributed by atoms with van der Waals surface area (Å²) < 4.78 is 32.9. The Bertz CT molecular complexity index is 953. The summed E-state index contributed by atoms with van der Waals surface area (Å²) in [5.74, 6) is -0.0642. The van der Waals surface area contributed by atoms with Crippen molar-refractivity contribution in [3.8, 4) is 0 Å². The summed E-state index contributed by atoms with van der Waals surface area (Å²) in [5, 5.41) is 0. The second-order valence-corrected chi connectivity index (χ2v) is 11.7. The number of amides is 2. The maximum atomic E-state index is 13.3. The van der Waals surface area contributed by atoms with Crippen LogP contribution in [0.2, 0.25) is 0 Å². The quantitative estimate of drug-likeness (QED) is 0.639. The Labute approximate surface area is 198 Å². The Morgan fingerprint density at radius 3 is 2.52 bits per heavy atom. The molecule has 0 spiro atoms. The Morgan fingerprint density at radius 2 is 1.94 bits per heavy atom. The molecular formula is C24H39N3O5S. The smallest absolute Gasteiger partial charge is 0.410 e. The number of nitrogens with one attached hydrogen (secondary N) is 1. The molecule has 1 aliphatic heterocycles. The van der Waals surface area contributed by atoms with Crippen molar-refractivity contribution in [2.75, 3.05) is 26.2 Å². The number of ether oxygens (including phenoxy) is 1. The van der Waals surface area contributed by atoms with E-state index < -0.39 is 15.6 Å². The van der Waals surface area contributed by atoms with Crippen molar-refractivity contribution in [3.63, 3.8) is 0 Å². The lowest BCUT2D eigenvalue weighted by Crippen LogP contribution is -2.48. The van der Waals surface area contributed by atoms with E-state index in [0.29, 0.717) is 25.2 Å². The molecule has 1 aliphatic rings. The van der Waals surface area contributed by atoms with Gasteiger partial charge in [-0.15, -0.1) is 0 Å². The number of rotatable bonds is 7. The molecule has 1 aromatic rings. The van der Waals surface area contributed by atoms with Gasteiger partial charge in [0, 0.05) is 37.8 Å². The van der Waals surface area contributed by atoms with Gasteiger partial charge in [-0.25, -0.2) is 17.9 Å². The number of aryl methyl sites for hydroxylation is 1. The van der Waals surface area contributed by atoms with Gasteiger partial charge in [0.25, 0.3) is 5.91 Å². The first-order valence-corrected chi connectivity index (χ1v) is 13.1. The normalized spacial score (nSPS) is 17.2. The van der Waals surface area contributed by atoms with E-state index in [2.05, 4.69) is 4.72 Å². The summed E-state index contributed by atoms with van der Waals surface area (Å²) in [6.07, 6.45) is 1.38. The van der Waals surface area contributed by atoms with Crippen molar-refractivity contribution in [2.24, 2.45) is 5.92 Å². The standard InChI is InChI=1S/C24H39N3O5S/c1-8-25-33(30,31)20-12-11-18(4)21(14-20)22(28)26-13-9-10-19(15-26)16-27(17(2)3)23(29)32-24(5,6)7/h11-12,14,17,19,25H,8-10,13,15-16H2,1-7H3. The number of nitrogens with zero attached hydrogens (tertiary/aromatic N) is 2. The van der Waals surface area contributed by atoms with Crippen LogP contribution in [0.4, 0.5) is 4.79 Å². The average molecular weight is 482 g/mol. The van der Waals surface area contributed by atoms with Gasteiger partial charge in [0.2, 0.25) is 10.0 Å². The zero-order valence-corrected chi connectivity index (χ0v) is 21.8. The van der Waals surface area contributed by atoms with Crippen LogP contribution < -0.4 is 4.72 Å². The summed E-state index contributed by atoms with van der Waals surface area (Å²) in [6, 6.07) is 4.62. The Morgan fingerprint density at radius 1 is 1.27 bits per heavy atom. The number of sulfonamides is 1. The van der Waals surface area contributed by atoms with Crippen molar-refractivity contribution < 1.29 is 22.7 Å². The molecule has 1 aromatic carbocycles. The Balaban J connectivity index is 2.18. The van der Waals surface area contributed by atoms with Gasteiger partial charge in [-0.3, -0.25) is 4.79 Å². The first-order valence-electron chi connectivity index (χ1n) is 11.6. The van der Waals surface area contributed by atoms with Crippen LogP contribution in [0.25, 0.3) is 0 Å². The molecule has 1 atom stereocenters. The topological polar surface area (TPSA) is 96.0 Å². The van der Waals surface area contributed by atoms with Crippen molar-refractivity contribution in [3.05, 3.63) is 29.3 Å². The molecule has 1 unspecified atom stereocenters. The number of likely N-dealkylation sites (tertiary alicyclic amines) is 1. The Kier molecular flexibility index (Phi) is 8.93. The molecule has 0 radical (unpaired) electrons. The van der Waals surface area contributed by atoms with Gasteiger partial charge >= 0.3 is 6.09 Å². The minimum Gasteiger partial charge on any atom is -0.444 e. The monoisotopic (exact) mass is 481 g/mol. The first-order chi connectivity index (χ1) is 15.2. The number of carbonyl (C=O) groups is 2. The average Bonchev–Trinajstić information content (AvgIpc) is 2.70. The molecule has 1 N–H and O–H groups in total. The van der Waals surface area contributed by atoms with Crippen LogP contribution in [-0.2, 0) is 14.8 Å². The summed E-state index contributed by atoms with van der Waals surface area (Å²) in [5.41, 5.74) is 0.548. The first kappa shape index (κ1) is 27.1. The molecule has 1 fully saturated rings. The third kappa shape index (κ3) is 7.43. The highest BCUT2D eigenvalue weighted by atomic mass is 32.2. The van der Waals surface area contributed by atoms with Gasteiger partial charge in [-0.2, -0.15) is 0 Å². The third-order valence-corrected chi connectivity index (χ3v) is 7.14. The van der Waals surface area contributed by atoms with Gasteiger partial charge in [0.1, 0.15) is 5.60 Å². The molecule has 0 saturated carbocycles. The molecule has 1 saturated heterocycles. The van der Waals surface area contributed by atoms with E-state index >= 15 is 0 Å². The largest absolute Gasteiger partial charge is 0.444 e. The maximum Gasteiger partial charge on any atom is 0.410 e. The molecule has 2 amide bonds. The van der Waals surface area contributed by atoms with Crippen LogP contribution in [0.15, 0.2) is 23.1 Å². The van der Waals surface area contributed by atoms with Crippen LogP contribution in [0.5, 0.6) is 0 Å². The highest BCUT2D eigenvalue weighted by molar-refractivity contribution is 7.89. The molecule has 2 rings (SSSR count). The highest BCUT2D eigenvalue weighted by Crippen LogP contribution is 2.24. The summed E-state index contributed by atoms with van der Waals surface area (Å²) in [4.78, 5) is 29.6. The fraction of sp³-hybridized carbons (Fsp3) is 0.667. The fourth-order valence-corrected chi connectivity index (χ4v) is 5.00. The number of benzene rings is 1. The van der Waals surface area contributed by atoms with Crippen LogP contribution in [0.3, 0.4) is 0 Å². The van der Waals surface area contributed by atoms with Crippen molar-refractivity contribution in [2.45, 2.75) is 77.8 Å². The minimum absolute atomic E-state index is 0.0267. The van der Waals surface area contributed by atoms with Crippen molar-refractivity contribution in [1.29, 1.82) is 0 Å². The van der Waals surface area contributed by atoms with Gasteiger partial charge in [-0.05, 0) is 78.0 Å². The van der Waals surface area contributed by atoms with Crippen LogP contribution in [0, 0.1) is 12.8 Å². The summed E-state index contributed by atoms with van der Waals surface area (Å²) in [7, 11) is -3.65. The van der Waals surface area contributed by atoms with Gasteiger partial charge in [-0.1, -0.05) is 13.0 Å². The van der Waals surface area contributed by atoms with E-state index in [4.69, 9.17) is 4.74 Å². The molecule has 0 aliphatic carbocycles. The lowest BCUT2D eigenvalue weighted by molar-refractivity contribution is 0.0124. The molecule has 0 aromatic heterocycles. The lowest BCUT2D eigenvalue weighted by atomic mass is 9.96. The van der Waals surface area contributed by atoms with E-state index in [1.165, 1.54) is 12.1 Å². The number of hydrogen-bond donors (Lipinski definition) is 1. The molecule has 8 nitrogen and oxygen atoms in total. The van der Waals surface area contributed by atoms with E-state index in [1.807, 2.05) is 34.6 Å². The van der Waals surface area contributed by atoms with Crippen LogP contribution >= 0.6 is 0 Å². The molecule has 0 bridgehead atoms.